The summed E-state index contributed by atoms with van der Waals surface area (Å²) in [7, 11) is 0. The van der Waals surface area contributed by atoms with E-state index in [1.165, 1.54) is 0 Å². The van der Waals surface area contributed by atoms with E-state index >= 15 is 0 Å². The van der Waals surface area contributed by atoms with Crippen molar-refractivity contribution < 1.29 is 9.53 Å². The van der Waals surface area contributed by atoms with Crippen molar-refractivity contribution in [2.45, 2.75) is 39.5 Å². The number of carbonyl (C=O) groups is 1. The van der Waals surface area contributed by atoms with Gasteiger partial charge in [0.15, 0.2) is 0 Å². The number of rotatable bonds is 8. The Morgan fingerprint density at radius 1 is 1.50 bits per heavy atom. The number of nitrogens with zero attached hydrogens (tertiary/aromatic N) is 1. The van der Waals surface area contributed by atoms with Crippen molar-refractivity contribution in [3.05, 3.63) is 16.1 Å². The summed E-state index contributed by atoms with van der Waals surface area (Å²) in [5.41, 5.74) is 0.993. The molecule has 1 aromatic heterocycles. The van der Waals surface area contributed by atoms with Gasteiger partial charge in [-0.15, -0.1) is 11.3 Å². The van der Waals surface area contributed by atoms with Gasteiger partial charge in [-0.25, -0.2) is 4.98 Å². The van der Waals surface area contributed by atoms with E-state index in [-0.39, 0.29) is 5.78 Å². The van der Waals surface area contributed by atoms with Crippen LogP contribution in [0.1, 0.15) is 36.9 Å². The third kappa shape index (κ3) is 5.37. The zero-order chi connectivity index (χ0) is 11.8. The second kappa shape index (κ2) is 7.52. The van der Waals surface area contributed by atoms with Gasteiger partial charge in [0.2, 0.25) is 0 Å². The fraction of sp³-hybridized carbons (Fsp3) is 0.667. The van der Waals surface area contributed by atoms with E-state index in [2.05, 4.69) is 11.9 Å². The SMILES string of the molecule is CCCCOCCC(=O)Cc1nc(C)cs1. The van der Waals surface area contributed by atoms with E-state index in [9.17, 15) is 4.79 Å². The van der Waals surface area contributed by atoms with Gasteiger partial charge in [-0.1, -0.05) is 13.3 Å². The molecule has 0 aromatic carbocycles. The Bertz CT molecular complexity index is 323. The molecule has 0 radical (unpaired) electrons. The summed E-state index contributed by atoms with van der Waals surface area (Å²) in [5.74, 6) is 0.214. The maximum Gasteiger partial charge on any atom is 0.141 e. The molecule has 0 aliphatic carbocycles. The highest BCUT2D eigenvalue weighted by Crippen LogP contribution is 2.10. The van der Waals surface area contributed by atoms with Crippen LogP contribution < -0.4 is 0 Å². The van der Waals surface area contributed by atoms with Gasteiger partial charge in [0.25, 0.3) is 0 Å². The molecule has 3 nitrogen and oxygen atoms in total. The largest absolute Gasteiger partial charge is 0.381 e. The van der Waals surface area contributed by atoms with Crippen LogP contribution in [-0.2, 0) is 16.0 Å². The Labute approximate surface area is 101 Å². The van der Waals surface area contributed by atoms with Crippen LogP contribution in [0.2, 0.25) is 0 Å². The standard InChI is InChI=1S/C12H19NO2S/c1-3-4-6-15-7-5-11(14)8-12-13-10(2)9-16-12/h9H,3-8H2,1-2H3. The molecule has 0 unspecified atom stereocenters. The monoisotopic (exact) mass is 241 g/mol. The second-order valence-corrected chi connectivity index (χ2v) is 4.76. The van der Waals surface area contributed by atoms with Crippen LogP contribution in [0.4, 0.5) is 0 Å². The normalized spacial score (nSPS) is 10.6. The Hall–Kier alpha value is -0.740. The van der Waals surface area contributed by atoms with Gasteiger partial charge >= 0.3 is 0 Å². The quantitative estimate of drug-likeness (QED) is 0.657. The Morgan fingerprint density at radius 2 is 2.31 bits per heavy atom. The van der Waals surface area contributed by atoms with E-state index in [1.807, 2.05) is 12.3 Å². The summed E-state index contributed by atoms with van der Waals surface area (Å²) in [5, 5.41) is 2.89. The van der Waals surface area contributed by atoms with Crippen molar-refractivity contribution in [3.63, 3.8) is 0 Å². The molecule has 0 aliphatic heterocycles. The fourth-order valence-corrected chi connectivity index (χ4v) is 2.08. The van der Waals surface area contributed by atoms with Crippen LogP contribution in [0, 0.1) is 6.92 Å². The van der Waals surface area contributed by atoms with E-state index in [4.69, 9.17) is 4.74 Å². The summed E-state index contributed by atoms with van der Waals surface area (Å²) in [4.78, 5) is 15.8. The van der Waals surface area contributed by atoms with Crippen molar-refractivity contribution in [2.24, 2.45) is 0 Å². The van der Waals surface area contributed by atoms with Crippen LogP contribution in [0.5, 0.6) is 0 Å². The first-order chi connectivity index (χ1) is 7.72. The van der Waals surface area contributed by atoms with Crippen molar-refractivity contribution in [3.8, 4) is 0 Å². The molecule has 0 atom stereocenters. The number of hydrogen-bond donors (Lipinski definition) is 0. The van der Waals surface area contributed by atoms with Crippen molar-refractivity contribution in [1.82, 2.24) is 4.98 Å². The number of ether oxygens (including phenoxy) is 1. The highest BCUT2D eigenvalue weighted by molar-refractivity contribution is 7.09. The molecule has 0 saturated carbocycles. The van der Waals surface area contributed by atoms with Crippen LogP contribution >= 0.6 is 11.3 Å². The van der Waals surface area contributed by atoms with Gasteiger partial charge < -0.3 is 4.74 Å². The first-order valence-electron chi connectivity index (χ1n) is 5.72. The van der Waals surface area contributed by atoms with Crippen LogP contribution in [0.3, 0.4) is 0 Å². The number of unbranched alkanes of at least 4 members (excludes halogenated alkanes) is 1. The van der Waals surface area contributed by atoms with Crippen LogP contribution in [0.25, 0.3) is 0 Å². The first-order valence-corrected chi connectivity index (χ1v) is 6.60. The van der Waals surface area contributed by atoms with Crippen molar-refractivity contribution >= 4 is 17.1 Å². The van der Waals surface area contributed by atoms with E-state index in [0.29, 0.717) is 19.4 Å². The molecule has 0 fully saturated rings. The number of carbonyl (C=O) groups excluding carboxylic acids is 1. The molecule has 1 rings (SSSR count). The molecule has 4 heteroatoms. The molecular formula is C12H19NO2S. The van der Waals surface area contributed by atoms with Gasteiger partial charge in [-0.2, -0.15) is 0 Å². The lowest BCUT2D eigenvalue weighted by molar-refractivity contribution is -0.119. The zero-order valence-electron chi connectivity index (χ0n) is 9.99. The Morgan fingerprint density at radius 3 is 2.94 bits per heavy atom. The van der Waals surface area contributed by atoms with Gasteiger partial charge in [0.1, 0.15) is 10.8 Å². The van der Waals surface area contributed by atoms with Gasteiger partial charge in [-0.05, 0) is 13.3 Å². The summed E-state index contributed by atoms with van der Waals surface area (Å²) >= 11 is 1.55. The number of Topliss-reactive ketones (excluding diaryl/α,β-unsaturated/α-hetero) is 1. The number of ketones is 1. The third-order valence-electron chi connectivity index (χ3n) is 2.18. The van der Waals surface area contributed by atoms with Crippen LogP contribution in [-0.4, -0.2) is 24.0 Å². The van der Waals surface area contributed by atoms with Gasteiger partial charge in [0, 0.05) is 24.1 Å². The zero-order valence-corrected chi connectivity index (χ0v) is 10.8. The topological polar surface area (TPSA) is 39.2 Å². The molecule has 0 bridgehead atoms. The Balaban J connectivity index is 2.11. The Kier molecular flexibility index (Phi) is 6.26. The van der Waals surface area contributed by atoms with Crippen molar-refractivity contribution in [2.75, 3.05) is 13.2 Å². The number of aryl methyl sites for hydroxylation is 1. The summed E-state index contributed by atoms with van der Waals surface area (Å²) in [6.45, 7) is 5.38. The molecule has 0 aliphatic rings. The molecule has 0 spiro atoms. The summed E-state index contributed by atoms with van der Waals surface area (Å²) in [6, 6.07) is 0. The predicted molar refractivity (Wildman–Crippen MR) is 65.9 cm³/mol. The minimum Gasteiger partial charge on any atom is -0.381 e. The maximum atomic E-state index is 11.5. The third-order valence-corrected chi connectivity index (χ3v) is 3.15. The number of hydrogen-bond acceptors (Lipinski definition) is 4. The number of aromatic nitrogens is 1. The maximum absolute atomic E-state index is 11.5. The average Bonchev–Trinajstić information content (AvgIpc) is 2.63. The highest BCUT2D eigenvalue weighted by atomic mass is 32.1. The minimum absolute atomic E-state index is 0.214. The molecule has 90 valence electrons. The predicted octanol–water partition coefficient (Wildman–Crippen LogP) is 2.77. The van der Waals surface area contributed by atoms with Gasteiger partial charge in [0.05, 0.1) is 13.0 Å². The van der Waals surface area contributed by atoms with Crippen LogP contribution in [0.15, 0.2) is 5.38 Å². The molecule has 1 aromatic rings. The van der Waals surface area contributed by atoms with E-state index < -0.39 is 0 Å². The lowest BCUT2D eigenvalue weighted by atomic mass is 10.2. The minimum atomic E-state index is 0.214. The molecule has 16 heavy (non-hydrogen) atoms. The van der Waals surface area contributed by atoms with Gasteiger partial charge in [-0.3, -0.25) is 4.79 Å². The molecule has 0 N–H and O–H groups in total. The molecule has 1 heterocycles. The lowest BCUT2D eigenvalue weighted by Gasteiger charge is -2.01. The van der Waals surface area contributed by atoms with E-state index in [1.54, 1.807) is 11.3 Å². The second-order valence-electron chi connectivity index (χ2n) is 3.81. The lowest BCUT2D eigenvalue weighted by Crippen LogP contribution is -2.07. The van der Waals surface area contributed by atoms with E-state index in [0.717, 1.165) is 30.2 Å². The highest BCUT2D eigenvalue weighted by Gasteiger charge is 2.06. The first kappa shape index (κ1) is 13.3. The summed E-state index contributed by atoms with van der Waals surface area (Å²) < 4.78 is 5.35. The fourth-order valence-electron chi connectivity index (χ4n) is 1.28. The number of thiazole rings is 1. The molecule has 0 amide bonds. The molecular weight excluding hydrogens is 222 g/mol. The van der Waals surface area contributed by atoms with Crippen molar-refractivity contribution in [1.29, 1.82) is 0 Å². The molecule has 0 saturated heterocycles. The average molecular weight is 241 g/mol. The smallest absolute Gasteiger partial charge is 0.141 e. The summed E-state index contributed by atoms with van der Waals surface area (Å²) in [6.07, 6.45) is 3.16.